The Labute approximate surface area is 197 Å². The molecule has 1 saturated heterocycles. The molecular weight excluding hydrogens is 532 g/mol. The molecule has 0 unspecified atom stereocenters. The van der Waals surface area contributed by atoms with E-state index in [-0.39, 0.29) is 58.1 Å². The number of hydrogen-bond acceptors (Lipinski definition) is 5. The van der Waals surface area contributed by atoms with Gasteiger partial charge in [-0.2, -0.15) is 0 Å². The minimum absolute atomic E-state index is 0.0124. The minimum atomic E-state index is -0.617. The van der Waals surface area contributed by atoms with Crippen LogP contribution in [-0.2, 0) is 23.9 Å². The van der Waals surface area contributed by atoms with Gasteiger partial charge in [0.05, 0.1) is 18.3 Å². The van der Waals surface area contributed by atoms with Crippen LogP contribution in [0.1, 0.15) is 24.0 Å². The van der Waals surface area contributed by atoms with Crippen molar-refractivity contribution in [1.82, 2.24) is 4.90 Å². The number of fused-ring (bicyclic) bond motifs is 5. The predicted molar refractivity (Wildman–Crippen MR) is 121 cm³/mol. The molecule has 2 saturated carbocycles. The molecule has 3 fully saturated rings. The number of rotatable bonds is 6. The second kappa shape index (κ2) is 8.65. The van der Waals surface area contributed by atoms with Gasteiger partial charge in [0.2, 0.25) is 11.8 Å². The molecule has 1 aromatic carbocycles. The van der Waals surface area contributed by atoms with E-state index in [9.17, 15) is 19.2 Å². The number of amides is 3. The molecular formula is C22H24Br2N2O5. The highest BCUT2D eigenvalue weighted by molar-refractivity contribution is 9.12. The highest BCUT2D eigenvalue weighted by atomic mass is 79.9. The SMILES string of the molecule is Cc1cccc(NC(=O)COC(=O)CCN2C(=O)[C@@H]3[C@H]4C[C@@H]([C@H](Br)[C@H]4Br)[C@@H]3C2=O)c1C. The molecule has 2 aliphatic carbocycles. The summed E-state index contributed by atoms with van der Waals surface area (Å²) in [5.74, 6) is -1.74. The van der Waals surface area contributed by atoms with Gasteiger partial charge in [-0.15, -0.1) is 0 Å². The number of halogens is 2. The molecule has 31 heavy (non-hydrogen) atoms. The lowest BCUT2D eigenvalue weighted by Crippen LogP contribution is -2.37. The molecule has 166 valence electrons. The van der Waals surface area contributed by atoms with E-state index in [1.54, 1.807) is 6.07 Å². The molecule has 0 aromatic heterocycles. The Balaban J connectivity index is 1.27. The van der Waals surface area contributed by atoms with Crippen LogP contribution in [0.2, 0.25) is 0 Å². The molecule has 6 atom stereocenters. The van der Waals surface area contributed by atoms with Gasteiger partial charge in [-0.3, -0.25) is 24.1 Å². The summed E-state index contributed by atoms with van der Waals surface area (Å²) >= 11 is 7.30. The number of hydrogen-bond donors (Lipinski definition) is 1. The highest BCUT2D eigenvalue weighted by Crippen LogP contribution is 2.60. The minimum Gasteiger partial charge on any atom is -0.456 e. The maximum atomic E-state index is 12.8. The van der Waals surface area contributed by atoms with E-state index in [1.165, 1.54) is 4.90 Å². The van der Waals surface area contributed by atoms with Crippen molar-refractivity contribution in [2.45, 2.75) is 36.3 Å². The van der Waals surface area contributed by atoms with E-state index in [0.29, 0.717) is 5.69 Å². The number of aryl methyl sites for hydroxylation is 1. The molecule has 1 aliphatic heterocycles. The third-order valence-electron chi connectivity index (χ3n) is 6.86. The van der Waals surface area contributed by atoms with Gasteiger partial charge in [0, 0.05) is 21.9 Å². The number of carbonyl (C=O) groups excluding carboxylic acids is 4. The lowest BCUT2D eigenvalue weighted by molar-refractivity contribution is -0.149. The number of nitrogens with zero attached hydrogens (tertiary/aromatic N) is 1. The lowest BCUT2D eigenvalue weighted by atomic mass is 9.81. The molecule has 2 bridgehead atoms. The molecule has 1 aromatic rings. The third kappa shape index (κ3) is 3.95. The van der Waals surface area contributed by atoms with E-state index in [1.807, 2.05) is 26.0 Å². The summed E-state index contributed by atoms with van der Waals surface area (Å²) in [5.41, 5.74) is 2.67. The van der Waals surface area contributed by atoms with Crippen molar-refractivity contribution in [3.8, 4) is 0 Å². The van der Waals surface area contributed by atoms with Gasteiger partial charge in [-0.05, 0) is 49.3 Å². The van der Waals surface area contributed by atoms with E-state index < -0.39 is 18.5 Å². The molecule has 1 N–H and O–H groups in total. The van der Waals surface area contributed by atoms with Gasteiger partial charge in [-0.1, -0.05) is 44.0 Å². The average molecular weight is 556 g/mol. The fraction of sp³-hybridized carbons (Fsp3) is 0.545. The maximum absolute atomic E-state index is 12.8. The molecule has 0 spiro atoms. The maximum Gasteiger partial charge on any atom is 0.308 e. The monoisotopic (exact) mass is 554 g/mol. The molecule has 0 radical (unpaired) electrons. The van der Waals surface area contributed by atoms with Gasteiger partial charge in [0.1, 0.15) is 0 Å². The Morgan fingerprint density at radius 2 is 1.71 bits per heavy atom. The van der Waals surface area contributed by atoms with E-state index in [0.717, 1.165) is 17.5 Å². The van der Waals surface area contributed by atoms with Gasteiger partial charge in [-0.25, -0.2) is 0 Å². The van der Waals surface area contributed by atoms with Crippen LogP contribution in [0.4, 0.5) is 5.69 Å². The van der Waals surface area contributed by atoms with Crippen LogP contribution in [-0.4, -0.2) is 51.4 Å². The van der Waals surface area contributed by atoms with E-state index in [2.05, 4.69) is 37.2 Å². The first kappa shape index (κ1) is 22.5. The number of imide groups is 1. The Kier molecular flexibility index (Phi) is 6.27. The van der Waals surface area contributed by atoms with Gasteiger partial charge in [0.15, 0.2) is 6.61 Å². The molecule has 7 nitrogen and oxygen atoms in total. The second-order valence-electron chi connectivity index (χ2n) is 8.54. The molecule has 3 aliphatic rings. The first-order valence-electron chi connectivity index (χ1n) is 10.4. The second-order valence-corrected chi connectivity index (χ2v) is 10.7. The van der Waals surface area contributed by atoms with E-state index in [4.69, 9.17) is 4.74 Å². The largest absolute Gasteiger partial charge is 0.456 e. The normalized spacial score (nSPS) is 31.2. The fourth-order valence-electron chi connectivity index (χ4n) is 5.13. The number of carbonyl (C=O) groups is 4. The summed E-state index contributed by atoms with van der Waals surface area (Å²) < 4.78 is 5.04. The fourth-order valence-corrected chi connectivity index (χ4v) is 7.00. The van der Waals surface area contributed by atoms with Crippen LogP contribution in [0.15, 0.2) is 18.2 Å². The summed E-state index contributed by atoms with van der Waals surface area (Å²) in [7, 11) is 0. The van der Waals surface area contributed by atoms with Crippen molar-refractivity contribution in [2.75, 3.05) is 18.5 Å². The Bertz CT molecular complexity index is 920. The van der Waals surface area contributed by atoms with Crippen molar-refractivity contribution < 1.29 is 23.9 Å². The predicted octanol–water partition coefficient (Wildman–Crippen LogP) is 2.95. The summed E-state index contributed by atoms with van der Waals surface area (Å²) in [6.07, 6.45) is 0.739. The number of ether oxygens (including phenoxy) is 1. The topological polar surface area (TPSA) is 92.8 Å². The zero-order chi connectivity index (χ0) is 22.4. The van der Waals surface area contributed by atoms with Crippen LogP contribution in [0.5, 0.6) is 0 Å². The summed E-state index contributed by atoms with van der Waals surface area (Å²) in [6, 6.07) is 5.57. The van der Waals surface area contributed by atoms with Crippen molar-refractivity contribution in [3.05, 3.63) is 29.3 Å². The molecule has 4 rings (SSSR count). The number of benzene rings is 1. The van der Waals surface area contributed by atoms with Crippen molar-refractivity contribution in [2.24, 2.45) is 23.7 Å². The van der Waals surface area contributed by atoms with Crippen LogP contribution in [0, 0.1) is 37.5 Å². The number of anilines is 1. The Morgan fingerprint density at radius 1 is 1.10 bits per heavy atom. The van der Waals surface area contributed by atoms with Gasteiger partial charge in [0.25, 0.3) is 5.91 Å². The van der Waals surface area contributed by atoms with Gasteiger partial charge >= 0.3 is 5.97 Å². The van der Waals surface area contributed by atoms with Crippen LogP contribution in [0.25, 0.3) is 0 Å². The zero-order valence-corrected chi connectivity index (χ0v) is 20.4. The van der Waals surface area contributed by atoms with Crippen molar-refractivity contribution in [1.29, 1.82) is 0 Å². The summed E-state index contributed by atoms with van der Waals surface area (Å²) in [6.45, 7) is 3.42. The number of alkyl halides is 2. The lowest BCUT2D eigenvalue weighted by Gasteiger charge is -2.28. The molecule has 1 heterocycles. The number of likely N-dealkylation sites (tertiary alicyclic amines) is 1. The zero-order valence-electron chi connectivity index (χ0n) is 17.3. The van der Waals surface area contributed by atoms with Crippen LogP contribution < -0.4 is 5.32 Å². The van der Waals surface area contributed by atoms with Crippen LogP contribution in [0.3, 0.4) is 0 Å². The van der Waals surface area contributed by atoms with Gasteiger partial charge < -0.3 is 10.1 Å². The number of nitrogens with one attached hydrogen (secondary N) is 1. The van der Waals surface area contributed by atoms with Crippen LogP contribution >= 0.6 is 31.9 Å². The van der Waals surface area contributed by atoms with Crippen molar-refractivity contribution in [3.63, 3.8) is 0 Å². The highest BCUT2D eigenvalue weighted by Gasteiger charge is 2.66. The third-order valence-corrected chi connectivity index (χ3v) is 10.1. The first-order valence-corrected chi connectivity index (χ1v) is 12.2. The van der Waals surface area contributed by atoms with E-state index >= 15 is 0 Å². The quantitative estimate of drug-likeness (QED) is 0.331. The first-order chi connectivity index (χ1) is 14.7. The summed E-state index contributed by atoms with van der Waals surface area (Å²) in [5, 5.41) is 2.73. The number of esters is 1. The Morgan fingerprint density at radius 3 is 2.32 bits per heavy atom. The molecule has 9 heteroatoms. The molecule has 3 amide bonds. The summed E-state index contributed by atoms with van der Waals surface area (Å²) in [4.78, 5) is 51.4. The van der Waals surface area contributed by atoms with Crippen molar-refractivity contribution >= 4 is 61.2 Å². The Hall–Kier alpha value is -1.74. The average Bonchev–Trinajstić information content (AvgIpc) is 3.33. The standard InChI is InChI=1S/C22H24Br2N2O5/c1-10-4-3-5-14(11(10)2)25-15(27)9-31-16(28)6-7-26-21(29)17-12-8-13(18(17)22(26)30)20(24)19(12)23/h3-5,12-13,17-20H,6-9H2,1-2H3,(H,25,27)/t12-,13-,17-,18+,19+,20+/m1/s1. The smallest absolute Gasteiger partial charge is 0.308 e.